The van der Waals surface area contributed by atoms with Crippen molar-refractivity contribution in [3.8, 4) is 5.75 Å². The average Bonchev–Trinajstić information content (AvgIpc) is 3.03. The van der Waals surface area contributed by atoms with Crippen molar-refractivity contribution in [3.63, 3.8) is 0 Å². The number of nitrogens with zero attached hydrogens (tertiary/aromatic N) is 4. The van der Waals surface area contributed by atoms with E-state index in [9.17, 15) is 4.79 Å². The van der Waals surface area contributed by atoms with Gasteiger partial charge in [0.15, 0.2) is 0 Å². The summed E-state index contributed by atoms with van der Waals surface area (Å²) in [6.45, 7) is 1.13. The maximum atomic E-state index is 12.1. The quantitative estimate of drug-likeness (QED) is 0.765. The van der Waals surface area contributed by atoms with Crippen molar-refractivity contribution in [1.29, 1.82) is 0 Å². The minimum atomic E-state index is -0.109. The molecule has 0 fully saturated rings. The zero-order valence-corrected chi connectivity index (χ0v) is 13.2. The number of aromatic nitrogens is 3. The Labute approximate surface area is 134 Å². The lowest BCUT2D eigenvalue weighted by atomic mass is 10.2. The molecule has 0 aliphatic carbocycles. The summed E-state index contributed by atoms with van der Waals surface area (Å²) >= 11 is 5.96. The van der Waals surface area contributed by atoms with E-state index in [-0.39, 0.29) is 5.91 Å². The molecule has 0 radical (unpaired) electrons. The normalized spacial score (nSPS) is 10.9. The second kappa shape index (κ2) is 7.61. The fourth-order valence-corrected chi connectivity index (χ4v) is 2.02. The van der Waals surface area contributed by atoms with Gasteiger partial charge in [-0.15, -0.1) is 0 Å². The highest BCUT2D eigenvalue weighted by molar-refractivity contribution is 6.30. The number of carbonyl (C=O) groups excluding carboxylic acids is 1. The average molecular weight is 321 g/mol. The minimum absolute atomic E-state index is 0.109. The number of rotatable bonds is 6. The number of hydrogen-bond donors (Lipinski definition) is 0. The van der Waals surface area contributed by atoms with Gasteiger partial charge in [-0.2, -0.15) is 5.10 Å². The van der Waals surface area contributed by atoms with Crippen LogP contribution in [0.1, 0.15) is 5.56 Å². The minimum Gasteiger partial charge on any atom is -0.496 e. The van der Waals surface area contributed by atoms with Crippen molar-refractivity contribution in [2.45, 2.75) is 6.54 Å². The molecule has 1 heterocycles. The van der Waals surface area contributed by atoms with Crippen molar-refractivity contribution in [2.75, 3.05) is 20.7 Å². The second-order valence-electron chi connectivity index (χ2n) is 4.64. The van der Waals surface area contributed by atoms with Crippen LogP contribution in [0.2, 0.25) is 5.02 Å². The van der Waals surface area contributed by atoms with Gasteiger partial charge in [-0.05, 0) is 24.3 Å². The Bertz CT molecular complexity index is 656. The molecule has 0 saturated heterocycles. The van der Waals surface area contributed by atoms with E-state index in [1.165, 1.54) is 12.4 Å². The number of halogens is 1. The van der Waals surface area contributed by atoms with Gasteiger partial charge in [-0.25, -0.2) is 4.98 Å². The van der Waals surface area contributed by atoms with Crippen LogP contribution in [-0.4, -0.2) is 46.3 Å². The highest BCUT2D eigenvalue weighted by atomic mass is 35.5. The van der Waals surface area contributed by atoms with E-state index in [2.05, 4.69) is 10.1 Å². The van der Waals surface area contributed by atoms with Crippen LogP contribution in [0.3, 0.4) is 0 Å². The summed E-state index contributed by atoms with van der Waals surface area (Å²) < 4.78 is 6.91. The summed E-state index contributed by atoms with van der Waals surface area (Å²) in [6.07, 6.45) is 6.27. The first-order valence-electron chi connectivity index (χ1n) is 6.69. The first-order valence-corrected chi connectivity index (χ1v) is 7.07. The Morgan fingerprint density at radius 2 is 2.32 bits per heavy atom. The molecule has 0 unspecified atom stereocenters. The maximum Gasteiger partial charge on any atom is 0.246 e. The molecule has 22 heavy (non-hydrogen) atoms. The molecule has 0 aliphatic heterocycles. The van der Waals surface area contributed by atoms with Gasteiger partial charge in [0.1, 0.15) is 18.4 Å². The van der Waals surface area contributed by atoms with Crippen LogP contribution in [0.15, 0.2) is 36.9 Å². The fraction of sp³-hybridized carbons (Fsp3) is 0.267. The summed E-state index contributed by atoms with van der Waals surface area (Å²) in [5.41, 5.74) is 0.757. The third-order valence-corrected chi connectivity index (χ3v) is 3.34. The molecule has 116 valence electrons. The van der Waals surface area contributed by atoms with Crippen LogP contribution >= 0.6 is 11.6 Å². The van der Waals surface area contributed by atoms with Crippen molar-refractivity contribution in [2.24, 2.45) is 0 Å². The predicted molar refractivity (Wildman–Crippen MR) is 84.7 cm³/mol. The standard InChI is InChI=1S/C15H17ClN4O2/c1-19(7-8-20-11-17-10-18-20)15(21)6-3-12-9-13(16)4-5-14(12)22-2/h3-6,9-11H,7-8H2,1-2H3. The van der Waals surface area contributed by atoms with E-state index in [0.29, 0.717) is 23.9 Å². The van der Waals surface area contributed by atoms with Crippen LogP contribution in [0.25, 0.3) is 6.08 Å². The van der Waals surface area contributed by atoms with Crippen LogP contribution in [0, 0.1) is 0 Å². The van der Waals surface area contributed by atoms with E-state index in [4.69, 9.17) is 16.3 Å². The molecule has 1 amide bonds. The van der Waals surface area contributed by atoms with Crippen molar-refractivity contribution in [1.82, 2.24) is 19.7 Å². The molecule has 0 atom stereocenters. The zero-order valence-electron chi connectivity index (χ0n) is 12.4. The van der Waals surface area contributed by atoms with Crippen molar-refractivity contribution < 1.29 is 9.53 Å². The summed E-state index contributed by atoms with van der Waals surface area (Å²) in [6, 6.07) is 5.25. The molecule has 1 aromatic heterocycles. The first kappa shape index (κ1) is 16.0. The molecule has 0 N–H and O–H groups in total. The van der Waals surface area contributed by atoms with Gasteiger partial charge in [0.25, 0.3) is 0 Å². The predicted octanol–water partition coefficient (Wildman–Crippen LogP) is 2.11. The lowest BCUT2D eigenvalue weighted by Crippen LogP contribution is -2.28. The van der Waals surface area contributed by atoms with Gasteiger partial charge in [0.2, 0.25) is 5.91 Å². The van der Waals surface area contributed by atoms with E-state index >= 15 is 0 Å². The number of likely N-dealkylation sites (N-methyl/N-ethyl adjacent to an activating group) is 1. The number of ether oxygens (including phenoxy) is 1. The first-order chi connectivity index (χ1) is 10.6. The molecule has 7 heteroatoms. The Hall–Kier alpha value is -2.34. The highest BCUT2D eigenvalue weighted by Crippen LogP contribution is 2.23. The largest absolute Gasteiger partial charge is 0.496 e. The highest BCUT2D eigenvalue weighted by Gasteiger charge is 2.06. The monoisotopic (exact) mass is 320 g/mol. The molecule has 6 nitrogen and oxygen atoms in total. The molecule has 1 aromatic carbocycles. The zero-order chi connectivity index (χ0) is 15.9. The molecular weight excluding hydrogens is 304 g/mol. The molecule has 2 rings (SSSR count). The lowest BCUT2D eigenvalue weighted by molar-refractivity contribution is -0.124. The number of benzene rings is 1. The third kappa shape index (κ3) is 4.33. The van der Waals surface area contributed by atoms with Gasteiger partial charge in [0, 0.05) is 30.3 Å². The van der Waals surface area contributed by atoms with E-state index < -0.39 is 0 Å². The van der Waals surface area contributed by atoms with Gasteiger partial charge in [0.05, 0.1) is 13.7 Å². The molecule has 0 spiro atoms. The van der Waals surface area contributed by atoms with Gasteiger partial charge in [-0.3, -0.25) is 9.48 Å². The van der Waals surface area contributed by atoms with Crippen molar-refractivity contribution >= 4 is 23.6 Å². The number of hydrogen-bond acceptors (Lipinski definition) is 4. The Morgan fingerprint density at radius 3 is 3.00 bits per heavy atom. The second-order valence-corrected chi connectivity index (χ2v) is 5.07. The number of carbonyl (C=O) groups is 1. The summed E-state index contributed by atoms with van der Waals surface area (Å²) in [5.74, 6) is 0.556. The topological polar surface area (TPSA) is 60.2 Å². The van der Waals surface area contributed by atoms with Crippen LogP contribution < -0.4 is 4.74 Å². The summed E-state index contributed by atoms with van der Waals surface area (Å²) in [4.78, 5) is 17.5. The molecular formula is C15H17ClN4O2. The lowest BCUT2D eigenvalue weighted by Gasteiger charge is -2.14. The van der Waals surface area contributed by atoms with Gasteiger partial charge < -0.3 is 9.64 Å². The van der Waals surface area contributed by atoms with E-state index in [1.807, 2.05) is 0 Å². The van der Waals surface area contributed by atoms with E-state index in [0.717, 1.165) is 5.56 Å². The van der Waals surface area contributed by atoms with Crippen LogP contribution in [-0.2, 0) is 11.3 Å². The molecule has 0 aliphatic rings. The smallest absolute Gasteiger partial charge is 0.246 e. The van der Waals surface area contributed by atoms with E-state index in [1.54, 1.807) is 54.3 Å². The molecule has 2 aromatic rings. The van der Waals surface area contributed by atoms with Gasteiger partial charge >= 0.3 is 0 Å². The summed E-state index contributed by atoms with van der Waals surface area (Å²) in [7, 11) is 3.31. The van der Waals surface area contributed by atoms with Crippen molar-refractivity contribution in [3.05, 3.63) is 47.5 Å². The summed E-state index contributed by atoms with van der Waals surface area (Å²) in [5, 5.41) is 4.58. The molecule has 0 bridgehead atoms. The Morgan fingerprint density at radius 1 is 1.50 bits per heavy atom. The third-order valence-electron chi connectivity index (χ3n) is 3.10. The van der Waals surface area contributed by atoms with Crippen LogP contribution in [0.4, 0.5) is 0 Å². The SMILES string of the molecule is COc1ccc(Cl)cc1C=CC(=O)N(C)CCn1cncn1. The van der Waals surface area contributed by atoms with Crippen LogP contribution in [0.5, 0.6) is 5.75 Å². The maximum absolute atomic E-state index is 12.1. The Kier molecular flexibility index (Phi) is 5.55. The fourth-order valence-electron chi connectivity index (χ4n) is 1.83. The Balaban J connectivity index is 1.97. The van der Waals surface area contributed by atoms with Gasteiger partial charge in [-0.1, -0.05) is 11.6 Å². The number of methoxy groups -OCH3 is 1. The number of amides is 1. The molecule has 0 saturated carbocycles.